The Bertz CT molecular complexity index is 1330. The van der Waals surface area contributed by atoms with E-state index in [1.807, 2.05) is 30.3 Å². The minimum Gasteiger partial charge on any atom is -0.370 e. The molecular formula is C23H19F5N4O2. The van der Waals surface area contributed by atoms with Gasteiger partial charge in [0.25, 0.3) is 12.0 Å². The van der Waals surface area contributed by atoms with Gasteiger partial charge in [0.05, 0.1) is 24.8 Å². The van der Waals surface area contributed by atoms with Crippen LogP contribution in [-0.2, 0) is 24.1 Å². The van der Waals surface area contributed by atoms with Crippen LogP contribution in [0.1, 0.15) is 47.6 Å². The van der Waals surface area contributed by atoms with E-state index in [2.05, 4.69) is 15.1 Å². The first-order valence-electron chi connectivity index (χ1n) is 10.2. The van der Waals surface area contributed by atoms with Crippen LogP contribution in [0.4, 0.5) is 22.0 Å². The number of alkyl halides is 5. The lowest BCUT2D eigenvalue weighted by molar-refractivity contribution is -0.137. The van der Waals surface area contributed by atoms with Gasteiger partial charge in [0, 0.05) is 0 Å². The summed E-state index contributed by atoms with van der Waals surface area (Å²) in [6, 6.07) is 12.9. The predicted molar refractivity (Wildman–Crippen MR) is 113 cm³/mol. The number of halogens is 5. The van der Waals surface area contributed by atoms with Crippen molar-refractivity contribution in [3.8, 4) is 0 Å². The van der Waals surface area contributed by atoms with Crippen LogP contribution in [0.25, 0.3) is 11.0 Å². The van der Waals surface area contributed by atoms with Crippen molar-refractivity contribution in [2.75, 3.05) is 0 Å². The number of nitrogens with one attached hydrogen (secondary N) is 1. The fraction of sp³-hybridized carbons (Fsp3) is 0.261. The molecule has 0 aliphatic heterocycles. The molecule has 1 N–H and O–H groups in total. The number of aromatic nitrogens is 4. The Morgan fingerprint density at radius 1 is 1.03 bits per heavy atom. The molecule has 0 saturated heterocycles. The van der Waals surface area contributed by atoms with Crippen molar-refractivity contribution in [1.82, 2.24) is 19.7 Å². The van der Waals surface area contributed by atoms with Crippen LogP contribution in [0.15, 0.2) is 59.4 Å². The summed E-state index contributed by atoms with van der Waals surface area (Å²) in [5.41, 5.74) is -0.238. The molecule has 178 valence electrons. The topological polar surface area (TPSA) is 72.8 Å². The molecule has 34 heavy (non-hydrogen) atoms. The van der Waals surface area contributed by atoms with Crippen LogP contribution in [0, 0.1) is 0 Å². The maximum atomic E-state index is 13.3. The first kappa shape index (κ1) is 23.6. The zero-order valence-corrected chi connectivity index (χ0v) is 17.8. The Kier molecular flexibility index (Phi) is 6.47. The summed E-state index contributed by atoms with van der Waals surface area (Å²) >= 11 is 0. The van der Waals surface area contributed by atoms with Gasteiger partial charge in [0.2, 0.25) is 0 Å². The third kappa shape index (κ3) is 4.84. The number of hydrogen-bond acceptors (Lipinski definition) is 4. The van der Waals surface area contributed by atoms with E-state index in [1.54, 1.807) is 6.92 Å². The van der Waals surface area contributed by atoms with E-state index in [-0.39, 0.29) is 29.9 Å². The van der Waals surface area contributed by atoms with E-state index in [1.165, 1.54) is 16.8 Å². The van der Waals surface area contributed by atoms with Crippen LogP contribution in [0.2, 0.25) is 0 Å². The van der Waals surface area contributed by atoms with Crippen LogP contribution >= 0.6 is 0 Å². The van der Waals surface area contributed by atoms with Gasteiger partial charge in [-0.2, -0.15) is 18.3 Å². The molecule has 2 heterocycles. The Hall–Kier alpha value is -3.60. The molecule has 0 spiro atoms. The molecule has 6 nitrogen and oxygen atoms in total. The molecule has 0 fully saturated rings. The highest BCUT2D eigenvalue weighted by Gasteiger charge is 2.30. The van der Waals surface area contributed by atoms with Gasteiger partial charge >= 0.3 is 6.18 Å². The maximum absolute atomic E-state index is 13.3. The molecule has 11 heteroatoms. The monoisotopic (exact) mass is 478 g/mol. The van der Waals surface area contributed by atoms with Crippen molar-refractivity contribution in [2.24, 2.45) is 0 Å². The smallest absolute Gasteiger partial charge is 0.370 e. The van der Waals surface area contributed by atoms with E-state index >= 15 is 0 Å². The van der Waals surface area contributed by atoms with Crippen LogP contribution in [0.5, 0.6) is 0 Å². The molecule has 0 aliphatic rings. The zero-order valence-electron chi connectivity index (χ0n) is 17.8. The molecule has 2 aromatic heterocycles. The second-order valence-corrected chi connectivity index (χ2v) is 7.62. The van der Waals surface area contributed by atoms with E-state index in [0.717, 1.165) is 17.7 Å². The van der Waals surface area contributed by atoms with Crippen molar-refractivity contribution in [2.45, 2.75) is 38.8 Å². The summed E-state index contributed by atoms with van der Waals surface area (Å²) < 4.78 is 72.2. The summed E-state index contributed by atoms with van der Waals surface area (Å²) in [4.78, 5) is 18.6. The highest BCUT2D eigenvalue weighted by atomic mass is 19.4. The molecule has 4 aromatic rings. The number of H-pyrrole nitrogens is 1. The lowest BCUT2D eigenvalue weighted by atomic mass is 10.1. The van der Waals surface area contributed by atoms with E-state index in [0.29, 0.717) is 5.56 Å². The fourth-order valence-electron chi connectivity index (χ4n) is 3.54. The highest BCUT2D eigenvalue weighted by Crippen LogP contribution is 2.31. The van der Waals surface area contributed by atoms with Crippen molar-refractivity contribution in [1.29, 1.82) is 0 Å². The molecule has 0 aliphatic carbocycles. The van der Waals surface area contributed by atoms with Crippen molar-refractivity contribution < 1.29 is 26.7 Å². The molecule has 0 radical (unpaired) electrons. The van der Waals surface area contributed by atoms with Gasteiger partial charge in [-0.05, 0) is 30.2 Å². The van der Waals surface area contributed by atoms with Gasteiger partial charge in [-0.25, -0.2) is 18.4 Å². The largest absolute Gasteiger partial charge is 0.416 e. The summed E-state index contributed by atoms with van der Waals surface area (Å²) in [6.07, 6.45) is -7.52. The molecule has 1 unspecified atom stereocenters. The van der Waals surface area contributed by atoms with Crippen molar-refractivity contribution >= 4 is 11.0 Å². The van der Waals surface area contributed by atoms with Gasteiger partial charge < -0.3 is 9.72 Å². The summed E-state index contributed by atoms with van der Waals surface area (Å²) in [7, 11) is 0. The van der Waals surface area contributed by atoms with Crippen LogP contribution in [0.3, 0.4) is 0 Å². The number of aromatic amines is 1. The Balaban J connectivity index is 1.72. The first-order chi connectivity index (χ1) is 16.1. The van der Waals surface area contributed by atoms with Crippen LogP contribution in [-0.4, -0.2) is 19.7 Å². The third-order valence-electron chi connectivity index (χ3n) is 5.30. The number of benzene rings is 2. The zero-order chi connectivity index (χ0) is 24.5. The highest BCUT2D eigenvalue weighted by molar-refractivity contribution is 5.77. The number of nitrogens with zero attached hydrogens (tertiary/aromatic N) is 3. The Morgan fingerprint density at radius 2 is 1.71 bits per heavy atom. The normalized spacial score (nSPS) is 13.0. The van der Waals surface area contributed by atoms with Gasteiger partial charge in [0.15, 0.2) is 11.5 Å². The molecule has 2 aromatic carbocycles. The van der Waals surface area contributed by atoms with Gasteiger partial charge in [-0.3, -0.25) is 4.79 Å². The quantitative estimate of drug-likeness (QED) is 0.361. The standard InChI is InChI=1S/C23H19F5N4O2/c1-13(15-7-9-16(10-8-15)23(26,27)28)32-21-18(22(33)30-20(29-21)19(24)25)17(31-32)12-34-11-14-5-3-2-4-6-14/h2-10,13,19H,11-12H2,1H3,(H,29,30,33). The number of rotatable bonds is 7. The molecule has 0 bridgehead atoms. The molecule has 0 saturated carbocycles. The maximum Gasteiger partial charge on any atom is 0.416 e. The Morgan fingerprint density at radius 3 is 2.32 bits per heavy atom. The number of ether oxygens (including phenoxy) is 1. The second kappa shape index (κ2) is 9.34. The van der Waals surface area contributed by atoms with E-state index in [4.69, 9.17) is 4.74 Å². The number of fused-ring (bicyclic) bond motifs is 1. The Labute approximate surface area is 190 Å². The first-order valence-corrected chi connectivity index (χ1v) is 10.2. The van der Waals surface area contributed by atoms with Gasteiger partial charge in [0.1, 0.15) is 11.1 Å². The van der Waals surface area contributed by atoms with Crippen LogP contribution < -0.4 is 5.56 Å². The minimum absolute atomic E-state index is 0.0174. The van der Waals surface area contributed by atoms with Gasteiger partial charge in [-0.15, -0.1) is 0 Å². The van der Waals surface area contributed by atoms with Gasteiger partial charge in [-0.1, -0.05) is 42.5 Å². The summed E-state index contributed by atoms with van der Waals surface area (Å²) in [5.74, 6) is -0.824. The molecule has 1 atom stereocenters. The van der Waals surface area contributed by atoms with E-state index < -0.39 is 35.6 Å². The predicted octanol–water partition coefficient (Wildman–Crippen LogP) is 5.40. The summed E-state index contributed by atoms with van der Waals surface area (Å²) in [5, 5.41) is 4.35. The lowest BCUT2D eigenvalue weighted by Gasteiger charge is -2.15. The fourth-order valence-corrected chi connectivity index (χ4v) is 3.54. The van der Waals surface area contributed by atoms with Crippen molar-refractivity contribution in [3.63, 3.8) is 0 Å². The lowest BCUT2D eigenvalue weighted by Crippen LogP contribution is -2.15. The second-order valence-electron chi connectivity index (χ2n) is 7.62. The molecule has 0 amide bonds. The molecule has 4 rings (SSSR count). The van der Waals surface area contributed by atoms with E-state index in [9.17, 15) is 26.7 Å². The summed E-state index contributed by atoms with van der Waals surface area (Å²) in [6.45, 7) is 1.75. The third-order valence-corrected chi connectivity index (χ3v) is 5.30. The van der Waals surface area contributed by atoms with Crippen molar-refractivity contribution in [3.05, 3.63) is 93.2 Å². The molecular weight excluding hydrogens is 459 g/mol. The SMILES string of the molecule is CC(c1ccc(C(F)(F)F)cc1)n1nc(COCc2ccccc2)c2c(=O)[nH]c(C(F)F)nc21. The minimum atomic E-state index is -4.50. The number of hydrogen-bond donors (Lipinski definition) is 1. The average molecular weight is 478 g/mol. The average Bonchev–Trinajstić information content (AvgIpc) is 3.18.